The smallest absolute Gasteiger partial charge is 0.425 e. The van der Waals surface area contributed by atoms with Gasteiger partial charge in [-0.05, 0) is 18.1 Å². The number of hydrogen-bond donors (Lipinski definition) is 2. The van der Waals surface area contributed by atoms with Gasteiger partial charge < -0.3 is 9.72 Å². The average molecular weight is 275 g/mol. The van der Waals surface area contributed by atoms with Crippen molar-refractivity contribution in [3.8, 4) is 0 Å². The summed E-state index contributed by atoms with van der Waals surface area (Å²) in [5, 5.41) is 2.36. The summed E-state index contributed by atoms with van der Waals surface area (Å²) >= 11 is 0. The second-order valence-corrected chi connectivity index (χ2v) is 4.38. The third-order valence-corrected chi connectivity index (χ3v) is 3.07. The fraction of sp³-hybridized carbons (Fsp3) is 0.286. The monoisotopic (exact) mass is 275 g/mol. The minimum Gasteiger partial charge on any atom is -0.452 e. The quantitative estimate of drug-likeness (QED) is 0.839. The summed E-state index contributed by atoms with van der Waals surface area (Å²) in [6.45, 7) is 1.78. The van der Waals surface area contributed by atoms with Gasteiger partial charge in [0, 0.05) is 30.6 Å². The topological polar surface area (TPSA) is 74.4 Å². The summed E-state index contributed by atoms with van der Waals surface area (Å²) in [6, 6.07) is 7.94. The van der Waals surface area contributed by atoms with Crippen molar-refractivity contribution in [3.05, 3.63) is 36.0 Å². The fourth-order valence-corrected chi connectivity index (χ4v) is 2.02. The zero-order valence-electron chi connectivity index (χ0n) is 11.5. The van der Waals surface area contributed by atoms with Crippen LogP contribution in [0.25, 0.3) is 10.9 Å². The van der Waals surface area contributed by atoms with Crippen molar-refractivity contribution in [2.24, 2.45) is 0 Å². The second-order valence-electron chi connectivity index (χ2n) is 4.38. The zero-order chi connectivity index (χ0) is 14.5. The fourth-order valence-electron chi connectivity index (χ4n) is 2.02. The number of aromatic nitrogens is 1. The maximum Gasteiger partial charge on any atom is 0.425 e. The summed E-state index contributed by atoms with van der Waals surface area (Å²) < 4.78 is 4.49. The van der Waals surface area contributed by atoms with Crippen molar-refractivity contribution in [3.63, 3.8) is 0 Å². The third-order valence-electron chi connectivity index (χ3n) is 3.07. The Morgan fingerprint density at radius 1 is 1.35 bits per heavy atom. The molecule has 2 aromatic rings. The Balaban J connectivity index is 2.05. The van der Waals surface area contributed by atoms with E-state index in [4.69, 9.17) is 0 Å². The van der Waals surface area contributed by atoms with Crippen LogP contribution in [0.4, 0.5) is 4.79 Å². The Kier molecular flexibility index (Phi) is 4.24. The van der Waals surface area contributed by atoms with Gasteiger partial charge in [-0.15, -0.1) is 0 Å². The molecule has 0 saturated carbocycles. The molecule has 0 bridgehead atoms. The Bertz CT molecular complexity index is 621. The molecule has 2 N–H and O–H groups in total. The maximum absolute atomic E-state index is 11.5. The van der Waals surface area contributed by atoms with E-state index in [1.807, 2.05) is 30.5 Å². The van der Waals surface area contributed by atoms with Gasteiger partial charge in [-0.3, -0.25) is 9.80 Å². The molecular weight excluding hydrogens is 258 g/mol. The maximum atomic E-state index is 11.5. The Labute approximate surface area is 116 Å². The molecule has 0 spiro atoms. The molecule has 106 valence electrons. The molecule has 1 aromatic heterocycles. The van der Waals surface area contributed by atoms with E-state index in [0.717, 1.165) is 16.5 Å². The first-order chi connectivity index (χ1) is 9.61. The van der Waals surface area contributed by atoms with Gasteiger partial charge in [0.15, 0.2) is 0 Å². The molecule has 0 aliphatic rings. The molecule has 2 rings (SSSR count). The zero-order valence-corrected chi connectivity index (χ0v) is 11.5. The van der Waals surface area contributed by atoms with Crippen molar-refractivity contribution in [1.29, 1.82) is 0 Å². The number of hydrogen-bond acceptors (Lipinski definition) is 3. The normalized spacial score (nSPS) is 10.3. The van der Waals surface area contributed by atoms with Gasteiger partial charge in [0.2, 0.25) is 5.91 Å². The van der Waals surface area contributed by atoms with E-state index in [0.29, 0.717) is 13.0 Å². The lowest BCUT2D eigenvalue weighted by atomic mass is 10.1. The van der Waals surface area contributed by atoms with Crippen molar-refractivity contribution in [2.45, 2.75) is 13.3 Å². The molecule has 0 aliphatic heterocycles. The highest BCUT2D eigenvalue weighted by Gasteiger charge is 2.13. The number of aromatic amines is 1. The molecule has 0 saturated heterocycles. The van der Waals surface area contributed by atoms with Gasteiger partial charge in [0.25, 0.3) is 0 Å². The van der Waals surface area contributed by atoms with E-state index in [9.17, 15) is 9.59 Å². The number of carbonyl (C=O) groups is 2. The Morgan fingerprint density at radius 3 is 2.80 bits per heavy atom. The number of rotatable bonds is 3. The van der Waals surface area contributed by atoms with Crippen LogP contribution in [0.5, 0.6) is 0 Å². The van der Waals surface area contributed by atoms with E-state index in [1.54, 1.807) is 0 Å². The number of nitrogens with one attached hydrogen (secondary N) is 2. The van der Waals surface area contributed by atoms with Crippen molar-refractivity contribution in [2.75, 3.05) is 13.7 Å². The van der Waals surface area contributed by atoms with E-state index < -0.39 is 6.09 Å². The number of benzene rings is 1. The standard InChI is InChI=1S/C14H17N3O3/c1-10(18)17(16-14(19)20-2)8-7-11-9-15-13-6-4-3-5-12(11)13/h3-6,9,15H,7-8H2,1-2H3,(H,16,19). The van der Waals surface area contributed by atoms with Crippen LogP contribution in [0.3, 0.4) is 0 Å². The summed E-state index contributed by atoms with van der Waals surface area (Å²) in [4.78, 5) is 25.8. The number of H-pyrrole nitrogens is 1. The lowest BCUT2D eigenvalue weighted by molar-refractivity contribution is -0.131. The molecule has 20 heavy (non-hydrogen) atoms. The van der Waals surface area contributed by atoms with E-state index in [2.05, 4.69) is 15.1 Å². The molecule has 0 radical (unpaired) electrons. The highest BCUT2D eigenvalue weighted by atomic mass is 16.5. The molecule has 1 heterocycles. The van der Waals surface area contributed by atoms with E-state index in [1.165, 1.54) is 19.0 Å². The Hall–Kier alpha value is -2.50. The highest BCUT2D eigenvalue weighted by Crippen LogP contribution is 2.18. The first kappa shape index (κ1) is 13.9. The largest absolute Gasteiger partial charge is 0.452 e. The van der Waals surface area contributed by atoms with Crippen LogP contribution < -0.4 is 5.43 Å². The number of fused-ring (bicyclic) bond motifs is 1. The third kappa shape index (κ3) is 3.09. The number of amides is 2. The van der Waals surface area contributed by atoms with Crippen LogP contribution in [0.15, 0.2) is 30.5 Å². The summed E-state index contributed by atoms with van der Waals surface area (Å²) in [6.07, 6.45) is 1.90. The minimum atomic E-state index is -0.654. The first-order valence-electron chi connectivity index (χ1n) is 6.29. The number of carbonyl (C=O) groups excluding carboxylic acids is 2. The number of nitrogens with zero attached hydrogens (tertiary/aromatic N) is 1. The van der Waals surface area contributed by atoms with Gasteiger partial charge >= 0.3 is 6.09 Å². The van der Waals surface area contributed by atoms with Gasteiger partial charge in [0.1, 0.15) is 0 Å². The van der Waals surface area contributed by atoms with Gasteiger partial charge in [-0.2, -0.15) is 0 Å². The van der Waals surface area contributed by atoms with Crippen LogP contribution in [0.2, 0.25) is 0 Å². The summed E-state index contributed by atoms with van der Waals surface area (Å²) in [7, 11) is 1.26. The molecular formula is C14H17N3O3. The molecule has 0 fully saturated rings. The number of methoxy groups -OCH3 is 1. The van der Waals surface area contributed by atoms with Crippen molar-refractivity contribution < 1.29 is 14.3 Å². The summed E-state index contributed by atoms with van der Waals surface area (Å²) in [5.74, 6) is -0.241. The molecule has 1 aromatic carbocycles. The van der Waals surface area contributed by atoms with Gasteiger partial charge in [-0.25, -0.2) is 10.2 Å². The minimum absolute atomic E-state index is 0.241. The first-order valence-corrected chi connectivity index (χ1v) is 6.29. The lowest BCUT2D eigenvalue weighted by Crippen LogP contribution is -2.46. The number of ether oxygens (including phenoxy) is 1. The van der Waals surface area contributed by atoms with Crippen LogP contribution in [-0.4, -0.2) is 35.6 Å². The predicted molar refractivity (Wildman–Crippen MR) is 74.9 cm³/mol. The molecule has 6 heteroatoms. The Morgan fingerprint density at radius 2 is 2.10 bits per heavy atom. The number of para-hydroxylation sites is 1. The van der Waals surface area contributed by atoms with Gasteiger partial charge in [0.05, 0.1) is 7.11 Å². The van der Waals surface area contributed by atoms with E-state index in [-0.39, 0.29) is 5.91 Å². The number of hydrazine groups is 1. The SMILES string of the molecule is COC(=O)NN(CCc1c[nH]c2ccccc12)C(C)=O. The van der Waals surface area contributed by atoms with Crippen LogP contribution in [0, 0.1) is 0 Å². The molecule has 2 amide bonds. The molecule has 0 atom stereocenters. The van der Waals surface area contributed by atoms with Crippen LogP contribution in [0.1, 0.15) is 12.5 Å². The van der Waals surface area contributed by atoms with Crippen molar-refractivity contribution >= 4 is 22.9 Å². The van der Waals surface area contributed by atoms with Gasteiger partial charge in [-0.1, -0.05) is 18.2 Å². The van der Waals surface area contributed by atoms with Crippen molar-refractivity contribution in [1.82, 2.24) is 15.4 Å². The molecule has 6 nitrogen and oxygen atoms in total. The lowest BCUT2D eigenvalue weighted by Gasteiger charge is -2.20. The summed E-state index contributed by atoms with van der Waals surface area (Å²) in [5.41, 5.74) is 4.54. The van der Waals surface area contributed by atoms with Crippen LogP contribution in [-0.2, 0) is 16.0 Å². The second kappa shape index (κ2) is 6.10. The van der Waals surface area contributed by atoms with E-state index >= 15 is 0 Å². The predicted octanol–water partition coefficient (Wildman–Crippen LogP) is 1.83. The molecule has 0 unspecified atom stereocenters. The van der Waals surface area contributed by atoms with Crippen LogP contribution >= 0.6 is 0 Å². The molecule has 0 aliphatic carbocycles. The average Bonchev–Trinajstić information content (AvgIpc) is 2.86. The highest BCUT2D eigenvalue weighted by molar-refractivity contribution is 5.83.